The van der Waals surface area contributed by atoms with E-state index in [0.717, 1.165) is 23.2 Å². The molecule has 0 radical (unpaired) electrons. The summed E-state index contributed by atoms with van der Waals surface area (Å²) < 4.78 is 0. The van der Waals surface area contributed by atoms with Gasteiger partial charge < -0.3 is 5.11 Å². The standard InChI is InChI=1S/C27H29N3O2/c1-3-28-29-26-17-24(16-25(19(26)2)27(31)32)22-11-9-21(10-12-22)23-8-6-7-20(15-23)18-30-13-4-5-14-30/h6-12,15-17H,3-5,13-14,18H2,1-2H3,(H,31,32). The Kier molecular flexibility index (Phi) is 6.76. The van der Waals surface area contributed by atoms with E-state index in [9.17, 15) is 9.90 Å². The lowest BCUT2D eigenvalue weighted by Gasteiger charge is -2.15. The van der Waals surface area contributed by atoms with Gasteiger partial charge in [-0.25, -0.2) is 4.79 Å². The van der Waals surface area contributed by atoms with Crippen molar-refractivity contribution in [1.82, 2.24) is 4.90 Å². The second-order valence-corrected chi connectivity index (χ2v) is 8.29. The summed E-state index contributed by atoms with van der Waals surface area (Å²) in [6.07, 6.45) is 2.59. The van der Waals surface area contributed by atoms with Crippen molar-refractivity contribution in [2.24, 2.45) is 10.2 Å². The lowest BCUT2D eigenvalue weighted by atomic mass is 9.96. The first kappa shape index (κ1) is 21.9. The fourth-order valence-corrected chi connectivity index (χ4v) is 4.24. The molecular weight excluding hydrogens is 398 g/mol. The van der Waals surface area contributed by atoms with Crippen LogP contribution < -0.4 is 0 Å². The fourth-order valence-electron chi connectivity index (χ4n) is 4.24. The molecule has 5 nitrogen and oxygen atoms in total. The SMILES string of the molecule is CCN=Nc1cc(-c2ccc(-c3cccc(CN4CCCC4)c3)cc2)cc(C(=O)O)c1C. The van der Waals surface area contributed by atoms with Gasteiger partial charge in [-0.05, 0) is 91.4 Å². The highest BCUT2D eigenvalue weighted by Gasteiger charge is 2.15. The Balaban J connectivity index is 1.62. The van der Waals surface area contributed by atoms with Gasteiger partial charge in [0.1, 0.15) is 0 Å². The van der Waals surface area contributed by atoms with E-state index in [1.807, 2.05) is 25.1 Å². The summed E-state index contributed by atoms with van der Waals surface area (Å²) in [7, 11) is 0. The molecule has 0 spiro atoms. The minimum atomic E-state index is -0.955. The maximum absolute atomic E-state index is 11.8. The molecule has 1 heterocycles. The summed E-state index contributed by atoms with van der Waals surface area (Å²) in [5.74, 6) is -0.955. The van der Waals surface area contributed by atoms with Gasteiger partial charge in [0, 0.05) is 6.54 Å². The summed E-state index contributed by atoms with van der Waals surface area (Å²) in [4.78, 5) is 14.3. The van der Waals surface area contributed by atoms with Crippen LogP contribution in [0, 0.1) is 6.92 Å². The normalized spacial score (nSPS) is 14.3. The maximum atomic E-state index is 11.8. The van der Waals surface area contributed by atoms with E-state index in [2.05, 4.69) is 51.5 Å². The molecule has 1 fully saturated rings. The molecule has 0 unspecified atom stereocenters. The van der Waals surface area contributed by atoms with E-state index in [-0.39, 0.29) is 5.56 Å². The zero-order valence-electron chi connectivity index (χ0n) is 18.7. The lowest BCUT2D eigenvalue weighted by Crippen LogP contribution is -2.18. The highest BCUT2D eigenvalue weighted by Crippen LogP contribution is 2.32. The third-order valence-electron chi connectivity index (χ3n) is 6.01. The molecule has 0 aromatic heterocycles. The minimum absolute atomic E-state index is 0.256. The van der Waals surface area contributed by atoms with Gasteiger partial charge in [-0.1, -0.05) is 42.5 Å². The number of carboxylic acid groups (broad SMARTS) is 1. The van der Waals surface area contributed by atoms with Crippen LogP contribution in [0.5, 0.6) is 0 Å². The van der Waals surface area contributed by atoms with Gasteiger partial charge in [-0.3, -0.25) is 4.90 Å². The number of benzene rings is 3. The Morgan fingerprint density at radius 1 is 0.938 bits per heavy atom. The van der Waals surface area contributed by atoms with Crippen molar-refractivity contribution in [2.45, 2.75) is 33.2 Å². The quantitative estimate of drug-likeness (QED) is 0.425. The topological polar surface area (TPSA) is 65.3 Å². The van der Waals surface area contributed by atoms with Crippen LogP contribution in [0.3, 0.4) is 0 Å². The maximum Gasteiger partial charge on any atom is 0.336 e. The first-order valence-corrected chi connectivity index (χ1v) is 11.2. The second kappa shape index (κ2) is 9.88. The van der Waals surface area contributed by atoms with Crippen molar-refractivity contribution >= 4 is 11.7 Å². The van der Waals surface area contributed by atoms with Crippen molar-refractivity contribution in [3.63, 3.8) is 0 Å². The zero-order chi connectivity index (χ0) is 22.5. The largest absolute Gasteiger partial charge is 0.478 e. The first-order chi connectivity index (χ1) is 15.5. The average Bonchev–Trinajstić information content (AvgIpc) is 3.31. The Bertz CT molecular complexity index is 1130. The number of rotatable bonds is 7. The molecule has 32 heavy (non-hydrogen) atoms. The van der Waals surface area contributed by atoms with Crippen LogP contribution >= 0.6 is 0 Å². The Morgan fingerprint density at radius 3 is 2.28 bits per heavy atom. The number of hydrogen-bond acceptors (Lipinski definition) is 4. The molecule has 0 amide bonds. The number of aromatic carboxylic acids is 1. The van der Waals surface area contributed by atoms with Crippen molar-refractivity contribution in [3.05, 3.63) is 77.4 Å². The van der Waals surface area contributed by atoms with Crippen LogP contribution in [-0.2, 0) is 6.54 Å². The molecule has 0 atom stereocenters. The molecule has 5 heteroatoms. The van der Waals surface area contributed by atoms with E-state index in [1.54, 1.807) is 13.0 Å². The van der Waals surface area contributed by atoms with Crippen LogP contribution in [0.25, 0.3) is 22.3 Å². The predicted octanol–water partition coefficient (Wildman–Crippen LogP) is 6.73. The molecule has 3 aromatic carbocycles. The Morgan fingerprint density at radius 2 is 1.62 bits per heavy atom. The summed E-state index contributed by atoms with van der Waals surface area (Å²) in [6, 6.07) is 20.6. The van der Waals surface area contributed by atoms with Gasteiger partial charge in [0.25, 0.3) is 0 Å². The summed E-state index contributed by atoms with van der Waals surface area (Å²) in [6.45, 7) is 7.61. The third-order valence-corrected chi connectivity index (χ3v) is 6.01. The van der Waals surface area contributed by atoms with E-state index >= 15 is 0 Å². The molecular formula is C27H29N3O2. The monoisotopic (exact) mass is 427 g/mol. The molecule has 1 aliphatic heterocycles. The number of nitrogens with zero attached hydrogens (tertiary/aromatic N) is 3. The average molecular weight is 428 g/mol. The Hall–Kier alpha value is -3.31. The zero-order valence-corrected chi connectivity index (χ0v) is 18.7. The number of carbonyl (C=O) groups is 1. The predicted molar refractivity (Wildman–Crippen MR) is 129 cm³/mol. The molecule has 164 valence electrons. The minimum Gasteiger partial charge on any atom is -0.478 e. The molecule has 0 aliphatic carbocycles. The smallest absolute Gasteiger partial charge is 0.336 e. The second-order valence-electron chi connectivity index (χ2n) is 8.29. The van der Waals surface area contributed by atoms with Gasteiger partial charge in [0.2, 0.25) is 0 Å². The van der Waals surface area contributed by atoms with Crippen molar-refractivity contribution in [2.75, 3.05) is 19.6 Å². The van der Waals surface area contributed by atoms with Crippen molar-refractivity contribution < 1.29 is 9.90 Å². The van der Waals surface area contributed by atoms with Gasteiger partial charge in [0.05, 0.1) is 17.8 Å². The van der Waals surface area contributed by atoms with Crippen LogP contribution in [0.1, 0.15) is 41.3 Å². The molecule has 3 aromatic rings. The van der Waals surface area contributed by atoms with E-state index < -0.39 is 5.97 Å². The molecule has 4 rings (SSSR count). The third kappa shape index (κ3) is 4.94. The van der Waals surface area contributed by atoms with Crippen molar-refractivity contribution in [1.29, 1.82) is 0 Å². The number of azo groups is 1. The van der Waals surface area contributed by atoms with E-state index in [4.69, 9.17) is 0 Å². The van der Waals surface area contributed by atoms with Gasteiger partial charge in [-0.2, -0.15) is 10.2 Å². The molecule has 0 bridgehead atoms. The highest BCUT2D eigenvalue weighted by atomic mass is 16.4. The molecule has 1 saturated heterocycles. The summed E-state index contributed by atoms with van der Waals surface area (Å²) >= 11 is 0. The van der Waals surface area contributed by atoms with Gasteiger partial charge >= 0.3 is 5.97 Å². The summed E-state index contributed by atoms with van der Waals surface area (Å²) in [5, 5.41) is 17.9. The van der Waals surface area contributed by atoms with Gasteiger partial charge in [0.15, 0.2) is 0 Å². The van der Waals surface area contributed by atoms with Gasteiger partial charge in [-0.15, -0.1) is 0 Å². The van der Waals surface area contributed by atoms with Crippen LogP contribution in [0.4, 0.5) is 5.69 Å². The van der Waals surface area contributed by atoms with Crippen LogP contribution in [0.2, 0.25) is 0 Å². The molecule has 1 aliphatic rings. The molecule has 0 saturated carbocycles. The highest BCUT2D eigenvalue weighted by molar-refractivity contribution is 5.93. The van der Waals surface area contributed by atoms with Crippen molar-refractivity contribution in [3.8, 4) is 22.3 Å². The van der Waals surface area contributed by atoms with E-state index in [0.29, 0.717) is 17.8 Å². The van der Waals surface area contributed by atoms with E-state index in [1.165, 1.54) is 37.1 Å². The van der Waals surface area contributed by atoms with Crippen LogP contribution in [0.15, 0.2) is 70.9 Å². The molecule has 1 N–H and O–H groups in total. The number of carboxylic acids is 1. The fraction of sp³-hybridized carbons (Fsp3) is 0.296. The lowest BCUT2D eigenvalue weighted by molar-refractivity contribution is 0.0696. The number of likely N-dealkylation sites (tertiary alicyclic amines) is 1. The Labute approximate surface area is 189 Å². The first-order valence-electron chi connectivity index (χ1n) is 11.2. The number of hydrogen-bond donors (Lipinski definition) is 1. The summed E-state index contributed by atoms with van der Waals surface area (Å²) in [5.41, 5.74) is 6.94. The van der Waals surface area contributed by atoms with Crippen LogP contribution in [-0.4, -0.2) is 35.6 Å².